The van der Waals surface area contributed by atoms with Crippen LogP contribution in [-0.4, -0.2) is 46.2 Å². The Balaban J connectivity index is 1.47. The van der Waals surface area contributed by atoms with Crippen molar-refractivity contribution in [1.29, 1.82) is 0 Å². The first-order valence-corrected chi connectivity index (χ1v) is 9.56. The number of hydrogen-bond acceptors (Lipinski definition) is 4. The Morgan fingerprint density at radius 3 is 2.50 bits per heavy atom. The minimum absolute atomic E-state index is 0.0781. The molecular weight excluding hydrogens is 352 g/mol. The van der Waals surface area contributed by atoms with Crippen LogP contribution < -0.4 is 4.74 Å². The molecular formula is C22H24N4O2. The molecule has 4 rings (SSSR count). The van der Waals surface area contributed by atoms with E-state index in [9.17, 15) is 4.79 Å². The van der Waals surface area contributed by atoms with Crippen LogP contribution in [0, 0.1) is 6.92 Å². The fourth-order valence-corrected chi connectivity index (χ4v) is 3.70. The van der Waals surface area contributed by atoms with E-state index in [4.69, 9.17) is 4.74 Å². The number of amides is 1. The largest absolute Gasteiger partial charge is 0.497 e. The van der Waals surface area contributed by atoms with E-state index in [2.05, 4.69) is 15.2 Å². The molecule has 6 heteroatoms. The van der Waals surface area contributed by atoms with Gasteiger partial charge in [-0.2, -0.15) is 5.10 Å². The van der Waals surface area contributed by atoms with Crippen molar-refractivity contribution in [3.05, 3.63) is 65.7 Å². The van der Waals surface area contributed by atoms with E-state index < -0.39 is 0 Å². The molecule has 0 radical (unpaired) electrons. The third kappa shape index (κ3) is 3.76. The Labute approximate surface area is 164 Å². The van der Waals surface area contributed by atoms with Crippen LogP contribution in [0.5, 0.6) is 5.75 Å². The smallest absolute Gasteiger partial charge is 0.253 e. The number of methoxy groups -OCH3 is 1. The van der Waals surface area contributed by atoms with Crippen LogP contribution in [0.15, 0.2) is 48.5 Å². The summed E-state index contributed by atoms with van der Waals surface area (Å²) in [5.74, 6) is 2.90. The summed E-state index contributed by atoms with van der Waals surface area (Å²) in [6.07, 6.45) is 1.78. The van der Waals surface area contributed by atoms with Crippen molar-refractivity contribution in [2.24, 2.45) is 0 Å². The summed E-state index contributed by atoms with van der Waals surface area (Å²) in [4.78, 5) is 19.4. The molecule has 0 atom stereocenters. The lowest BCUT2D eigenvalue weighted by molar-refractivity contribution is 0.0711. The Hall–Kier alpha value is -3.15. The molecule has 1 aliphatic heterocycles. The zero-order valence-corrected chi connectivity index (χ0v) is 16.2. The number of aryl methyl sites for hydroxylation is 1. The summed E-state index contributed by atoms with van der Waals surface area (Å²) < 4.78 is 5.31. The first-order valence-electron chi connectivity index (χ1n) is 9.56. The van der Waals surface area contributed by atoms with E-state index in [-0.39, 0.29) is 5.91 Å². The highest BCUT2D eigenvalue weighted by molar-refractivity contribution is 5.95. The SMILES string of the molecule is COc1cccc(-c2cccc(C(=O)N3CCC(c4n[nH]c(C)n4)CC3)c2)c1. The van der Waals surface area contributed by atoms with Crippen LogP contribution in [0.4, 0.5) is 0 Å². The molecule has 3 aromatic rings. The fraction of sp³-hybridized carbons (Fsp3) is 0.318. The molecule has 0 aliphatic carbocycles. The van der Waals surface area contributed by atoms with Crippen LogP contribution in [0.2, 0.25) is 0 Å². The summed E-state index contributed by atoms with van der Waals surface area (Å²) in [5.41, 5.74) is 2.76. The average molecular weight is 376 g/mol. The number of benzene rings is 2. The average Bonchev–Trinajstić information content (AvgIpc) is 3.20. The van der Waals surface area contributed by atoms with E-state index in [0.29, 0.717) is 11.5 Å². The number of H-pyrrole nitrogens is 1. The van der Waals surface area contributed by atoms with Gasteiger partial charge in [-0.3, -0.25) is 9.89 Å². The van der Waals surface area contributed by atoms with E-state index in [1.807, 2.05) is 60.4 Å². The van der Waals surface area contributed by atoms with Crippen molar-refractivity contribution in [2.75, 3.05) is 20.2 Å². The Morgan fingerprint density at radius 1 is 1.11 bits per heavy atom. The Kier molecular flexibility index (Phi) is 5.10. The third-order valence-electron chi connectivity index (χ3n) is 5.27. The number of aromatic nitrogens is 3. The molecule has 1 N–H and O–H groups in total. The molecule has 0 bridgehead atoms. The van der Waals surface area contributed by atoms with Gasteiger partial charge in [0.25, 0.3) is 5.91 Å². The predicted octanol–water partition coefficient (Wildman–Crippen LogP) is 3.81. The number of carbonyl (C=O) groups is 1. The quantitative estimate of drug-likeness (QED) is 0.752. The van der Waals surface area contributed by atoms with E-state index in [1.165, 1.54) is 0 Å². The number of ether oxygens (including phenoxy) is 1. The van der Waals surface area contributed by atoms with Gasteiger partial charge in [0, 0.05) is 24.6 Å². The molecule has 1 aromatic heterocycles. The lowest BCUT2D eigenvalue weighted by Gasteiger charge is -2.31. The highest BCUT2D eigenvalue weighted by atomic mass is 16.5. The first-order chi connectivity index (χ1) is 13.6. The normalized spacial score (nSPS) is 14.9. The predicted molar refractivity (Wildman–Crippen MR) is 107 cm³/mol. The van der Waals surface area contributed by atoms with Crippen molar-refractivity contribution in [2.45, 2.75) is 25.7 Å². The molecule has 144 valence electrons. The lowest BCUT2D eigenvalue weighted by atomic mass is 9.95. The summed E-state index contributed by atoms with van der Waals surface area (Å²) >= 11 is 0. The Morgan fingerprint density at radius 2 is 1.82 bits per heavy atom. The fourth-order valence-electron chi connectivity index (χ4n) is 3.70. The molecule has 28 heavy (non-hydrogen) atoms. The maximum atomic E-state index is 13.0. The maximum absolute atomic E-state index is 13.0. The van der Waals surface area contributed by atoms with Gasteiger partial charge in [-0.15, -0.1) is 0 Å². The number of hydrogen-bond donors (Lipinski definition) is 1. The highest BCUT2D eigenvalue weighted by Crippen LogP contribution is 2.28. The minimum Gasteiger partial charge on any atom is -0.497 e. The second-order valence-electron chi connectivity index (χ2n) is 7.16. The molecule has 1 amide bonds. The molecule has 0 saturated carbocycles. The third-order valence-corrected chi connectivity index (χ3v) is 5.27. The molecule has 0 spiro atoms. The van der Waals surface area contributed by atoms with Gasteiger partial charge in [-0.1, -0.05) is 24.3 Å². The molecule has 0 unspecified atom stereocenters. The van der Waals surface area contributed by atoms with E-state index in [0.717, 1.165) is 54.5 Å². The lowest BCUT2D eigenvalue weighted by Crippen LogP contribution is -2.38. The topological polar surface area (TPSA) is 71.1 Å². The highest BCUT2D eigenvalue weighted by Gasteiger charge is 2.26. The molecule has 1 saturated heterocycles. The number of piperidine rings is 1. The van der Waals surface area contributed by atoms with Gasteiger partial charge in [0.05, 0.1) is 7.11 Å². The summed E-state index contributed by atoms with van der Waals surface area (Å²) in [6, 6.07) is 15.7. The molecule has 6 nitrogen and oxygen atoms in total. The summed E-state index contributed by atoms with van der Waals surface area (Å²) in [6.45, 7) is 3.35. The molecule has 1 fully saturated rings. The zero-order chi connectivity index (χ0) is 19.5. The van der Waals surface area contributed by atoms with Crippen molar-refractivity contribution < 1.29 is 9.53 Å². The second-order valence-corrected chi connectivity index (χ2v) is 7.16. The van der Waals surface area contributed by atoms with Crippen molar-refractivity contribution >= 4 is 5.91 Å². The van der Waals surface area contributed by atoms with Crippen molar-refractivity contribution in [3.63, 3.8) is 0 Å². The van der Waals surface area contributed by atoms with Crippen LogP contribution in [0.3, 0.4) is 0 Å². The molecule has 2 heterocycles. The second kappa shape index (κ2) is 7.84. The van der Waals surface area contributed by atoms with Crippen LogP contribution >= 0.6 is 0 Å². The monoisotopic (exact) mass is 376 g/mol. The number of aromatic amines is 1. The molecule has 1 aliphatic rings. The van der Waals surface area contributed by atoms with Crippen LogP contribution in [0.1, 0.15) is 40.8 Å². The number of carbonyl (C=O) groups excluding carboxylic acids is 1. The van der Waals surface area contributed by atoms with Crippen molar-refractivity contribution in [3.8, 4) is 16.9 Å². The van der Waals surface area contributed by atoms with E-state index in [1.54, 1.807) is 7.11 Å². The van der Waals surface area contributed by atoms with E-state index >= 15 is 0 Å². The van der Waals surface area contributed by atoms with Gasteiger partial charge in [0.2, 0.25) is 0 Å². The van der Waals surface area contributed by atoms with Crippen molar-refractivity contribution in [1.82, 2.24) is 20.1 Å². The van der Waals surface area contributed by atoms with Gasteiger partial charge in [-0.05, 0) is 55.2 Å². The molecule has 2 aromatic carbocycles. The van der Waals surface area contributed by atoms with Gasteiger partial charge >= 0.3 is 0 Å². The van der Waals surface area contributed by atoms with Gasteiger partial charge in [0.1, 0.15) is 11.6 Å². The minimum atomic E-state index is 0.0781. The van der Waals surface area contributed by atoms with Crippen LogP contribution in [-0.2, 0) is 0 Å². The van der Waals surface area contributed by atoms with Gasteiger partial charge in [-0.25, -0.2) is 4.98 Å². The zero-order valence-electron chi connectivity index (χ0n) is 16.2. The first kappa shape index (κ1) is 18.2. The number of nitrogens with one attached hydrogen (secondary N) is 1. The maximum Gasteiger partial charge on any atom is 0.253 e. The number of likely N-dealkylation sites (tertiary alicyclic amines) is 1. The summed E-state index contributed by atoms with van der Waals surface area (Å²) in [7, 11) is 1.66. The van der Waals surface area contributed by atoms with Gasteiger partial charge in [0.15, 0.2) is 5.82 Å². The summed E-state index contributed by atoms with van der Waals surface area (Å²) in [5, 5.41) is 7.18. The standard InChI is InChI=1S/C22H24N4O2/c1-15-23-21(25-24-15)16-9-11-26(12-10-16)22(27)19-7-3-5-17(13-19)18-6-4-8-20(14-18)28-2/h3-8,13-14,16H,9-12H2,1-2H3,(H,23,24,25). The van der Waals surface area contributed by atoms with Gasteiger partial charge < -0.3 is 9.64 Å². The Bertz CT molecular complexity index is 974. The number of nitrogens with zero attached hydrogens (tertiary/aromatic N) is 3. The number of rotatable bonds is 4. The van der Waals surface area contributed by atoms with Crippen LogP contribution in [0.25, 0.3) is 11.1 Å².